The summed E-state index contributed by atoms with van der Waals surface area (Å²) in [6.45, 7) is 6.79. The number of rotatable bonds is 4. The van der Waals surface area contributed by atoms with Crippen molar-refractivity contribution in [2.45, 2.75) is 46.1 Å². The van der Waals surface area contributed by atoms with Crippen molar-refractivity contribution in [1.82, 2.24) is 5.32 Å². The molecule has 0 radical (unpaired) electrons. The largest absolute Gasteiger partial charge is 0.462 e. The van der Waals surface area contributed by atoms with Crippen molar-refractivity contribution in [2.75, 3.05) is 18.5 Å². The number of aryl methyl sites for hydroxylation is 1. The lowest BCUT2D eigenvalue weighted by molar-refractivity contribution is -0.118. The van der Waals surface area contributed by atoms with Gasteiger partial charge in [0.05, 0.1) is 18.2 Å². The summed E-state index contributed by atoms with van der Waals surface area (Å²) in [4.78, 5) is 25.4. The fourth-order valence-corrected chi connectivity index (χ4v) is 3.49. The van der Waals surface area contributed by atoms with Crippen molar-refractivity contribution in [3.05, 3.63) is 16.0 Å². The minimum atomic E-state index is -0.369. The van der Waals surface area contributed by atoms with E-state index in [-0.39, 0.29) is 17.9 Å². The van der Waals surface area contributed by atoms with Gasteiger partial charge in [-0.2, -0.15) is 0 Å². The molecule has 1 aliphatic heterocycles. The smallest absolute Gasteiger partial charge is 0.341 e. The van der Waals surface area contributed by atoms with Gasteiger partial charge in [0.25, 0.3) is 0 Å². The first-order valence-electron chi connectivity index (χ1n) is 7.36. The number of hydrogen-bond acceptors (Lipinski definition) is 5. The van der Waals surface area contributed by atoms with Crippen molar-refractivity contribution < 1.29 is 14.3 Å². The first-order chi connectivity index (χ1) is 10.0. The Bertz CT molecular complexity index is 533. The molecular weight excluding hydrogens is 288 g/mol. The molecule has 21 heavy (non-hydrogen) atoms. The van der Waals surface area contributed by atoms with Crippen LogP contribution in [-0.2, 0) is 9.53 Å². The highest BCUT2D eigenvalue weighted by Gasteiger charge is 2.25. The van der Waals surface area contributed by atoms with Gasteiger partial charge in [-0.25, -0.2) is 4.79 Å². The van der Waals surface area contributed by atoms with E-state index in [1.165, 1.54) is 11.3 Å². The van der Waals surface area contributed by atoms with Crippen molar-refractivity contribution >= 4 is 28.2 Å². The molecule has 1 atom stereocenters. The topological polar surface area (TPSA) is 67.4 Å². The van der Waals surface area contributed by atoms with E-state index in [2.05, 4.69) is 10.6 Å². The molecule has 0 saturated carbocycles. The van der Waals surface area contributed by atoms with Crippen molar-refractivity contribution in [3.8, 4) is 0 Å². The number of nitrogens with one attached hydrogen (secondary N) is 2. The minimum absolute atomic E-state index is 0.0681. The summed E-state index contributed by atoms with van der Waals surface area (Å²) in [5, 5.41) is 6.71. The van der Waals surface area contributed by atoms with Gasteiger partial charge in [-0.05, 0) is 45.7 Å². The number of thiophene rings is 1. The van der Waals surface area contributed by atoms with Crippen LogP contribution in [0.25, 0.3) is 0 Å². The van der Waals surface area contributed by atoms with Gasteiger partial charge in [0.1, 0.15) is 5.00 Å². The zero-order valence-corrected chi connectivity index (χ0v) is 13.6. The molecular formula is C15H22N2O3S. The quantitative estimate of drug-likeness (QED) is 0.839. The third-order valence-electron chi connectivity index (χ3n) is 3.73. The number of piperidine rings is 1. The molecule has 1 unspecified atom stereocenters. The summed E-state index contributed by atoms with van der Waals surface area (Å²) in [7, 11) is 0. The highest BCUT2D eigenvalue weighted by atomic mass is 32.1. The van der Waals surface area contributed by atoms with E-state index in [9.17, 15) is 9.59 Å². The molecule has 1 aromatic rings. The Balaban J connectivity index is 2.17. The van der Waals surface area contributed by atoms with E-state index in [1.807, 2.05) is 13.8 Å². The summed E-state index contributed by atoms with van der Waals surface area (Å²) < 4.78 is 5.09. The lowest BCUT2D eigenvalue weighted by Gasteiger charge is -2.22. The van der Waals surface area contributed by atoms with Crippen LogP contribution in [0.5, 0.6) is 0 Å². The number of anilines is 1. The molecule has 1 amide bonds. The van der Waals surface area contributed by atoms with Crippen LogP contribution in [-0.4, -0.2) is 31.1 Å². The maximum absolute atomic E-state index is 12.3. The molecule has 116 valence electrons. The van der Waals surface area contributed by atoms with Gasteiger partial charge in [0, 0.05) is 4.88 Å². The number of carbonyl (C=O) groups excluding carboxylic acids is 2. The fourth-order valence-electron chi connectivity index (χ4n) is 2.44. The van der Waals surface area contributed by atoms with Crippen molar-refractivity contribution in [3.63, 3.8) is 0 Å². The Kier molecular flexibility index (Phi) is 5.36. The first-order valence-corrected chi connectivity index (χ1v) is 8.17. The van der Waals surface area contributed by atoms with Crippen molar-refractivity contribution in [1.29, 1.82) is 0 Å². The Morgan fingerprint density at radius 1 is 1.38 bits per heavy atom. The second-order valence-electron chi connectivity index (χ2n) is 5.20. The average Bonchev–Trinajstić information content (AvgIpc) is 2.75. The number of esters is 1. The van der Waals surface area contributed by atoms with Crippen molar-refractivity contribution in [2.24, 2.45) is 0 Å². The van der Waals surface area contributed by atoms with E-state index in [0.717, 1.165) is 36.2 Å². The highest BCUT2D eigenvalue weighted by molar-refractivity contribution is 7.16. The fraction of sp³-hybridized carbons (Fsp3) is 0.600. The van der Waals surface area contributed by atoms with Gasteiger partial charge in [-0.15, -0.1) is 11.3 Å². The predicted octanol–water partition coefficient (Wildman–Crippen LogP) is 2.62. The van der Waals surface area contributed by atoms with Gasteiger partial charge >= 0.3 is 5.97 Å². The third-order valence-corrected chi connectivity index (χ3v) is 4.85. The van der Waals surface area contributed by atoms with Crippen LogP contribution in [0.4, 0.5) is 5.00 Å². The van der Waals surface area contributed by atoms with Gasteiger partial charge in [-0.3, -0.25) is 4.79 Å². The molecule has 6 heteroatoms. The molecule has 0 aliphatic carbocycles. The molecule has 0 bridgehead atoms. The van der Waals surface area contributed by atoms with Crippen LogP contribution >= 0.6 is 11.3 Å². The molecule has 1 aromatic heterocycles. The van der Waals surface area contributed by atoms with Crippen LogP contribution in [0, 0.1) is 13.8 Å². The molecule has 1 fully saturated rings. The maximum atomic E-state index is 12.3. The van der Waals surface area contributed by atoms with E-state index >= 15 is 0 Å². The van der Waals surface area contributed by atoms with Crippen LogP contribution in [0.3, 0.4) is 0 Å². The van der Waals surface area contributed by atoms with E-state index in [1.54, 1.807) is 6.92 Å². The van der Waals surface area contributed by atoms with Gasteiger partial charge in [-0.1, -0.05) is 6.42 Å². The molecule has 0 aromatic carbocycles. The number of hydrogen-bond donors (Lipinski definition) is 2. The van der Waals surface area contributed by atoms with Gasteiger partial charge in [0.15, 0.2) is 0 Å². The Labute approximate surface area is 129 Å². The Hall–Kier alpha value is -1.40. The van der Waals surface area contributed by atoms with E-state index in [4.69, 9.17) is 4.74 Å². The molecule has 2 rings (SSSR count). The second-order valence-corrected chi connectivity index (χ2v) is 6.42. The Morgan fingerprint density at radius 3 is 2.76 bits per heavy atom. The number of ether oxygens (including phenoxy) is 1. The second kappa shape index (κ2) is 7.04. The Morgan fingerprint density at radius 2 is 2.14 bits per heavy atom. The lowest BCUT2D eigenvalue weighted by atomic mass is 10.0. The third kappa shape index (κ3) is 3.63. The van der Waals surface area contributed by atoms with Crippen LogP contribution in [0.2, 0.25) is 0 Å². The zero-order valence-electron chi connectivity index (χ0n) is 12.7. The van der Waals surface area contributed by atoms with Gasteiger partial charge < -0.3 is 15.4 Å². The number of carbonyl (C=O) groups is 2. The minimum Gasteiger partial charge on any atom is -0.462 e. The standard InChI is InChI=1S/C15H22N2O3S/c1-4-20-15(19)12-9(2)10(3)21-14(12)17-13(18)11-7-5-6-8-16-11/h11,16H,4-8H2,1-3H3,(H,17,18). The van der Waals surface area contributed by atoms with E-state index < -0.39 is 0 Å². The van der Waals surface area contributed by atoms with Crippen LogP contribution in [0.15, 0.2) is 0 Å². The van der Waals surface area contributed by atoms with E-state index in [0.29, 0.717) is 17.2 Å². The molecule has 1 aliphatic rings. The number of amides is 1. The normalized spacial score (nSPS) is 18.3. The molecule has 0 spiro atoms. The molecule has 5 nitrogen and oxygen atoms in total. The highest BCUT2D eigenvalue weighted by Crippen LogP contribution is 2.33. The summed E-state index contributed by atoms with van der Waals surface area (Å²) >= 11 is 1.43. The van der Waals surface area contributed by atoms with Crippen LogP contribution < -0.4 is 10.6 Å². The monoisotopic (exact) mass is 310 g/mol. The van der Waals surface area contributed by atoms with Gasteiger partial charge in [0.2, 0.25) is 5.91 Å². The average molecular weight is 310 g/mol. The summed E-state index contributed by atoms with van der Waals surface area (Å²) in [5.74, 6) is -0.437. The zero-order chi connectivity index (χ0) is 15.4. The molecule has 1 saturated heterocycles. The SMILES string of the molecule is CCOC(=O)c1c(NC(=O)C2CCCCN2)sc(C)c1C. The summed E-state index contributed by atoms with van der Waals surface area (Å²) in [5.41, 5.74) is 1.37. The molecule has 2 heterocycles. The maximum Gasteiger partial charge on any atom is 0.341 e. The lowest BCUT2D eigenvalue weighted by Crippen LogP contribution is -2.43. The summed E-state index contributed by atoms with van der Waals surface area (Å²) in [6.07, 6.45) is 3.00. The molecule has 2 N–H and O–H groups in total. The predicted molar refractivity (Wildman–Crippen MR) is 84.0 cm³/mol. The summed E-state index contributed by atoms with van der Waals surface area (Å²) in [6, 6.07) is -0.170. The first kappa shape index (κ1) is 16.0. The van der Waals surface area contributed by atoms with Crippen LogP contribution in [0.1, 0.15) is 47.0 Å².